The number of nitrogens with zero attached hydrogens (tertiary/aromatic N) is 3. The quantitative estimate of drug-likeness (QED) is 0.481. The van der Waals surface area contributed by atoms with E-state index in [0.29, 0.717) is 12.0 Å². The summed E-state index contributed by atoms with van der Waals surface area (Å²) in [5.74, 6) is -2.34. The molecular formula is C17H13ClF3N3O3. The van der Waals surface area contributed by atoms with Crippen molar-refractivity contribution in [3.8, 4) is 0 Å². The minimum atomic E-state index is -4.90. The summed E-state index contributed by atoms with van der Waals surface area (Å²) in [5.41, 5.74) is -2.26. The summed E-state index contributed by atoms with van der Waals surface area (Å²) in [7, 11) is 0. The van der Waals surface area contributed by atoms with Gasteiger partial charge in [-0.1, -0.05) is 17.7 Å². The molecule has 2 heterocycles. The molecule has 0 spiro atoms. The molecule has 0 saturated carbocycles. The predicted molar refractivity (Wildman–Crippen MR) is 88.4 cm³/mol. The van der Waals surface area contributed by atoms with Gasteiger partial charge in [0.2, 0.25) is 5.78 Å². The van der Waals surface area contributed by atoms with Crippen molar-refractivity contribution < 1.29 is 27.9 Å². The molecule has 1 aliphatic carbocycles. The maximum absolute atomic E-state index is 13.4. The smallest absolute Gasteiger partial charge is 0.435 e. The number of alkyl halides is 3. The first-order valence-electron chi connectivity index (χ1n) is 7.92. The second-order valence-electron chi connectivity index (χ2n) is 6.00. The number of rotatable bonds is 4. The van der Waals surface area contributed by atoms with Gasteiger partial charge in [-0.05, 0) is 18.1 Å². The van der Waals surface area contributed by atoms with Gasteiger partial charge in [0.1, 0.15) is 16.5 Å². The van der Waals surface area contributed by atoms with Crippen molar-refractivity contribution in [1.82, 2.24) is 14.8 Å². The number of halogens is 4. The van der Waals surface area contributed by atoms with Crippen LogP contribution in [0.2, 0.25) is 5.15 Å². The van der Waals surface area contributed by atoms with Gasteiger partial charge in [0.15, 0.2) is 11.5 Å². The maximum atomic E-state index is 13.4. The number of carbonyl (C=O) groups is 2. The van der Waals surface area contributed by atoms with E-state index in [9.17, 15) is 27.9 Å². The molecule has 10 heteroatoms. The van der Waals surface area contributed by atoms with Crippen molar-refractivity contribution in [2.75, 3.05) is 0 Å². The number of hydrogen-bond acceptors (Lipinski definition) is 5. The standard InChI is InChI=1S/C17H13ClF3N3O3/c18-13-5-4-9(6-22-13)7-24-8-10(16(23-24)17(19,20)21)15(27)14-11(25)2-1-3-12(14)26/h4-6,8,25H,1-3,7H2. The van der Waals surface area contributed by atoms with Gasteiger partial charge >= 0.3 is 6.18 Å². The average Bonchev–Trinajstić information content (AvgIpc) is 3.01. The van der Waals surface area contributed by atoms with Gasteiger partial charge in [-0.25, -0.2) is 4.98 Å². The monoisotopic (exact) mass is 399 g/mol. The summed E-state index contributed by atoms with van der Waals surface area (Å²) in [6.07, 6.45) is -2.20. The van der Waals surface area contributed by atoms with Crippen LogP contribution in [-0.4, -0.2) is 31.4 Å². The Bertz CT molecular complexity index is 933. The number of hydrogen-bond donors (Lipinski definition) is 1. The highest BCUT2D eigenvalue weighted by Gasteiger charge is 2.41. The summed E-state index contributed by atoms with van der Waals surface area (Å²) < 4.78 is 41.0. The van der Waals surface area contributed by atoms with Crippen molar-refractivity contribution in [2.45, 2.75) is 32.0 Å². The lowest BCUT2D eigenvalue weighted by molar-refractivity contribution is -0.141. The first-order chi connectivity index (χ1) is 12.7. The van der Waals surface area contributed by atoms with Crippen molar-refractivity contribution in [2.24, 2.45) is 0 Å². The Hall–Kier alpha value is -2.68. The van der Waals surface area contributed by atoms with Crippen LogP contribution >= 0.6 is 11.6 Å². The van der Waals surface area contributed by atoms with Crippen molar-refractivity contribution in [1.29, 1.82) is 0 Å². The lowest BCUT2D eigenvalue weighted by Gasteiger charge is -2.14. The third-order valence-corrected chi connectivity index (χ3v) is 4.24. The molecule has 0 fully saturated rings. The third-order valence-electron chi connectivity index (χ3n) is 4.02. The molecule has 0 amide bonds. The SMILES string of the molecule is O=C1CCCC(O)=C1C(=O)c1cn(Cc2ccc(Cl)nc2)nc1C(F)(F)F. The van der Waals surface area contributed by atoms with Gasteiger partial charge in [-0.2, -0.15) is 18.3 Å². The van der Waals surface area contributed by atoms with Crippen molar-refractivity contribution in [3.05, 3.63) is 57.8 Å². The van der Waals surface area contributed by atoms with Gasteiger partial charge in [0.05, 0.1) is 12.1 Å². The fraction of sp³-hybridized carbons (Fsp3) is 0.294. The first kappa shape index (κ1) is 19.1. The Kier molecular flexibility index (Phi) is 5.05. The molecule has 1 N–H and O–H groups in total. The molecule has 0 aliphatic heterocycles. The first-order valence-corrected chi connectivity index (χ1v) is 8.29. The van der Waals surface area contributed by atoms with Crippen LogP contribution in [0.5, 0.6) is 0 Å². The second-order valence-corrected chi connectivity index (χ2v) is 6.39. The van der Waals surface area contributed by atoms with Crippen LogP contribution in [0, 0.1) is 0 Å². The fourth-order valence-corrected chi connectivity index (χ4v) is 2.90. The molecule has 0 atom stereocenters. The van der Waals surface area contributed by atoms with Crippen LogP contribution in [-0.2, 0) is 17.5 Å². The van der Waals surface area contributed by atoms with Gasteiger partial charge in [-0.3, -0.25) is 14.3 Å². The normalized spacial score (nSPS) is 15.3. The zero-order chi connectivity index (χ0) is 19.8. The van der Waals surface area contributed by atoms with E-state index in [-0.39, 0.29) is 24.5 Å². The number of pyridine rings is 1. The van der Waals surface area contributed by atoms with Crippen LogP contribution in [0.1, 0.15) is 40.9 Å². The van der Waals surface area contributed by atoms with Crippen LogP contribution in [0.15, 0.2) is 35.9 Å². The second kappa shape index (κ2) is 7.15. The van der Waals surface area contributed by atoms with Gasteiger partial charge in [-0.15, -0.1) is 0 Å². The van der Waals surface area contributed by atoms with E-state index in [0.717, 1.165) is 10.9 Å². The largest absolute Gasteiger partial charge is 0.511 e. The van der Waals surface area contributed by atoms with Gasteiger partial charge < -0.3 is 5.11 Å². The zero-order valence-electron chi connectivity index (χ0n) is 13.8. The van der Waals surface area contributed by atoms with E-state index < -0.39 is 40.3 Å². The van der Waals surface area contributed by atoms with E-state index >= 15 is 0 Å². The molecule has 3 rings (SSSR count). The molecule has 0 bridgehead atoms. The Balaban J connectivity index is 2.01. The number of aliphatic hydroxyl groups excluding tert-OH is 1. The van der Waals surface area contributed by atoms with Crippen LogP contribution in [0.4, 0.5) is 13.2 Å². The van der Waals surface area contributed by atoms with E-state index in [1.165, 1.54) is 12.3 Å². The number of aliphatic hydroxyl groups is 1. The van der Waals surface area contributed by atoms with E-state index in [1.807, 2.05) is 0 Å². The third kappa shape index (κ3) is 4.02. The Morgan fingerprint density at radius 3 is 2.63 bits per heavy atom. The molecule has 2 aromatic rings. The molecule has 2 aromatic heterocycles. The molecular weight excluding hydrogens is 387 g/mol. The minimum Gasteiger partial charge on any atom is -0.511 e. The zero-order valence-corrected chi connectivity index (χ0v) is 14.5. The number of carbonyl (C=O) groups excluding carboxylic acids is 2. The lowest BCUT2D eigenvalue weighted by atomic mass is 9.90. The average molecular weight is 400 g/mol. The number of aromatic nitrogens is 3. The highest BCUT2D eigenvalue weighted by Crippen LogP contribution is 2.33. The summed E-state index contributed by atoms with van der Waals surface area (Å²) in [6.45, 7) is -0.0838. The highest BCUT2D eigenvalue weighted by molar-refractivity contribution is 6.29. The van der Waals surface area contributed by atoms with Crippen molar-refractivity contribution >= 4 is 23.2 Å². The summed E-state index contributed by atoms with van der Waals surface area (Å²) in [6, 6.07) is 3.03. The topological polar surface area (TPSA) is 85.1 Å². The Labute approximate surface area is 156 Å². The number of Topliss-reactive ketones (excluding diaryl/α,β-unsaturated/α-hetero) is 2. The van der Waals surface area contributed by atoms with Gasteiger partial charge in [0.25, 0.3) is 0 Å². The molecule has 1 aliphatic rings. The molecule has 6 nitrogen and oxygen atoms in total. The molecule has 0 unspecified atom stereocenters. The highest BCUT2D eigenvalue weighted by atomic mass is 35.5. The molecule has 27 heavy (non-hydrogen) atoms. The van der Waals surface area contributed by atoms with Crippen molar-refractivity contribution in [3.63, 3.8) is 0 Å². The summed E-state index contributed by atoms with van der Waals surface area (Å²) in [4.78, 5) is 28.4. The predicted octanol–water partition coefficient (Wildman–Crippen LogP) is 3.75. The maximum Gasteiger partial charge on any atom is 0.435 e. The van der Waals surface area contributed by atoms with E-state index in [4.69, 9.17) is 11.6 Å². The number of ketones is 2. The van der Waals surface area contributed by atoms with E-state index in [1.54, 1.807) is 6.07 Å². The van der Waals surface area contributed by atoms with Crippen LogP contribution in [0.3, 0.4) is 0 Å². The molecule has 142 valence electrons. The van der Waals surface area contributed by atoms with Crippen LogP contribution < -0.4 is 0 Å². The minimum absolute atomic E-state index is 0.00291. The van der Waals surface area contributed by atoms with Crippen LogP contribution in [0.25, 0.3) is 0 Å². The Morgan fingerprint density at radius 1 is 1.30 bits per heavy atom. The Morgan fingerprint density at radius 2 is 2.04 bits per heavy atom. The lowest BCUT2D eigenvalue weighted by Crippen LogP contribution is -2.21. The molecule has 0 aromatic carbocycles. The molecule has 0 saturated heterocycles. The van der Waals surface area contributed by atoms with Gasteiger partial charge in [0, 0.05) is 25.2 Å². The molecule has 0 radical (unpaired) electrons. The summed E-state index contributed by atoms with van der Waals surface area (Å²) in [5, 5.41) is 13.5. The summed E-state index contributed by atoms with van der Waals surface area (Å²) >= 11 is 5.67. The fourth-order valence-electron chi connectivity index (χ4n) is 2.78. The number of allylic oxidation sites excluding steroid dienone is 2. The van der Waals surface area contributed by atoms with E-state index in [2.05, 4.69) is 10.1 Å².